The molecule has 0 bridgehead atoms. The molecule has 3 rings (SSSR count). The van der Waals surface area contributed by atoms with Gasteiger partial charge in [-0.05, 0) is 43.5 Å². The Kier molecular flexibility index (Phi) is 7.75. The van der Waals surface area contributed by atoms with Crippen LogP contribution in [0.1, 0.15) is 29.6 Å². The van der Waals surface area contributed by atoms with E-state index in [1.54, 1.807) is 18.2 Å². The van der Waals surface area contributed by atoms with Gasteiger partial charge in [0.25, 0.3) is 5.91 Å². The Balaban J connectivity index is 1.43. The molecule has 2 aromatic carbocycles. The molecule has 1 saturated heterocycles. The first kappa shape index (κ1) is 21.7. The summed E-state index contributed by atoms with van der Waals surface area (Å²) in [5, 5.41) is 17.9. The molecule has 3 atom stereocenters. The van der Waals surface area contributed by atoms with Gasteiger partial charge in [0.2, 0.25) is 0 Å². The molecule has 1 aliphatic rings. The molecule has 7 nitrogen and oxygen atoms in total. The van der Waals surface area contributed by atoms with Gasteiger partial charge in [-0.15, -0.1) is 0 Å². The molecular weight excluding hydrogens is 389 g/mol. The van der Waals surface area contributed by atoms with Crippen LogP contribution in [-0.2, 0) is 4.74 Å². The summed E-state index contributed by atoms with van der Waals surface area (Å²) in [6, 6.07) is 14.2. The monoisotopic (exact) mass is 415 g/mol. The highest BCUT2D eigenvalue weighted by Crippen LogP contribution is 2.22. The molecule has 3 amide bonds. The Hall–Kier alpha value is -2.97. The van der Waals surface area contributed by atoms with Gasteiger partial charge in [0.15, 0.2) is 0 Å². The van der Waals surface area contributed by atoms with Crippen molar-refractivity contribution in [2.24, 2.45) is 0 Å². The normalized spacial score (nSPS) is 20.9. The number of benzene rings is 2. The smallest absolute Gasteiger partial charge is 0.319 e. The average molecular weight is 415 g/mol. The van der Waals surface area contributed by atoms with E-state index in [0.717, 1.165) is 0 Å². The molecule has 8 heteroatoms. The fourth-order valence-electron chi connectivity index (χ4n) is 3.45. The predicted molar refractivity (Wildman–Crippen MR) is 111 cm³/mol. The standard InChI is InChI=1S/C22H26FN3O4/c23-18-9-5-4-8-17(18)21(28)24-13-12-16-10-11-19(20(14-27)30-16)26-22(29)25-15-6-2-1-3-7-15/h1-9,16,19-20,27H,10-14H2,(H,24,28)(H2,25,26,29)/t16-,19+,20-/m0/s1. The van der Waals surface area contributed by atoms with Gasteiger partial charge in [0, 0.05) is 12.2 Å². The highest BCUT2D eigenvalue weighted by atomic mass is 19.1. The van der Waals surface area contributed by atoms with Crippen molar-refractivity contribution in [1.82, 2.24) is 10.6 Å². The molecule has 1 aliphatic heterocycles. The zero-order valence-electron chi connectivity index (χ0n) is 16.5. The van der Waals surface area contributed by atoms with Crippen molar-refractivity contribution in [3.05, 3.63) is 66.0 Å². The Morgan fingerprint density at radius 3 is 2.53 bits per heavy atom. The Morgan fingerprint density at radius 1 is 1.07 bits per heavy atom. The number of anilines is 1. The number of ether oxygens (including phenoxy) is 1. The highest BCUT2D eigenvalue weighted by molar-refractivity contribution is 5.94. The molecular formula is C22H26FN3O4. The lowest BCUT2D eigenvalue weighted by molar-refractivity contribution is -0.0886. The van der Waals surface area contributed by atoms with E-state index in [1.165, 1.54) is 18.2 Å². The Morgan fingerprint density at radius 2 is 1.80 bits per heavy atom. The molecule has 0 unspecified atom stereocenters. The van der Waals surface area contributed by atoms with E-state index in [2.05, 4.69) is 16.0 Å². The quantitative estimate of drug-likeness (QED) is 0.559. The van der Waals surface area contributed by atoms with E-state index in [0.29, 0.717) is 31.5 Å². The maximum atomic E-state index is 13.7. The van der Waals surface area contributed by atoms with E-state index in [4.69, 9.17) is 4.74 Å². The number of hydrogen-bond acceptors (Lipinski definition) is 4. The third-order valence-corrected chi connectivity index (χ3v) is 5.01. The van der Waals surface area contributed by atoms with Crippen LogP contribution in [0.15, 0.2) is 54.6 Å². The third-order valence-electron chi connectivity index (χ3n) is 5.01. The van der Waals surface area contributed by atoms with E-state index in [9.17, 15) is 19.1 Å². The third kappa shape index (κ3) is 6.01. The van der Waals surface area contributed by atoms with Crippen molar-refractivity contribution >= 4 is 17.6 Å². The van der Waals surface area contributed by atoms with Crippen LogP contribution in [0.3, 0.4) is 0 Å². The minimum absolute atomic E-state index is 0.00369. The number of rotatable bonds is 7. The van der Waals surface area contributed by atoms with Crippen molar-refractivity contribution in [2.75, 3.05) is 18.5 Å². The Labute approximate surface area is 174 Å². The van der Waals surface area contributed by atoms with Gasteiger partial charge >= 0.3 is 6.03 Å². The van der Waals surface area contributed by atoms with Gasteiger partial charge in [-0.3, -0.25) is 4.79 Å². The van der Waals surface area contributed by atoms with Crippen molar-refractivity contribution < 1.29 is 23.8 Å². The number of para-hydroxylation sites is 1. The van der Waals surface area contributed by atoms with Crippen LogP contribution in [0.4, 0.5) is 14.9 Å². The molecule has 0 spiro atoms. The number of urea groups is 1. The summed E-state index contributed by atoms with van der Waals surface area (Å²) in [6.45, 7) is 0.0942. The van der Waals surface area contributed by atoms with Crippen LogP contribution >= 0.6 is 0 Å². The second kappa shape index (κ2) is 10.7. The average Bonchev–Trinajstić information content (AvgIpc) is 2.75. The van der Waals surface area contributed by atoms with Gasteiger partial charge < -0.3 is 25.8 Å². The fraction of sp³-hybridized carbons (Fsp3) is 0.364. The van der Waals surface area contributed by atoms with Crippen LogP contribution < -0.4 is 16.0 Å². The topological polar surface area (TPSA) is 99.7 Å². The molecule has 0 radical (unpaired) electrons. The maximum absolute atomic E-state index is 13.7. The van der Waals surface area contributed by atoms with Gasteiger partial charge in [-0.1, -0.05) is 30.3 Å². The largest absolute Gasteiger partial charge is 0.394 e. The van der Waals surface area contributed by atoms with Crippen LogP contribution in [0, 0.1) is 5.82 Å². The molecule has 1 heterocycles. The van der Waals surface area contributed by atoms with Crippen LogP contribution in [0.25, 0.3) is 0 Å². The summed E-state index contributed by atoms with van der Waals surface area (Å²) in [7, 11) is 0. The number of aliphatic hydroxyl groups is 1. The van der Waals surface area contributed by atoms with Gasteiger partial charge in [0.05, 0.1) is 24.3 Å². The Bertz CT molecular complexity index is 849. The first-order chi connectivity index (χ1) is 14.6. The molecule has 0 aromatic heterocycles. The molecule has 0 saturated carbocycles. The summed E-state index contributed by atoms with van der Waals surface area (Å²) >= 11 is 0. The first-order valence-electron chi connectivity index (χ1n) is 9.98. The predicted octanol–water partition coefficient (Wildman–Crippen LogP) is 2.68. The number of halogens is 1. The lowest BCUT2D eigenvalue weighted by atomic mass is 9.97. The molecule has 30 heavy (non-hydrogen) atoms. The summed E-state index contributed by atoms with van der Waals surface area (Å²) in [5.74, 6) is -1.04. The van der Waals surface area contributed by atoms with Gasteiger partial charge in [0.1, 0.15) is 11.9 Å². The van der Waals surface area contributed by atoms with Crippen molar-refractivity contribution in [3.8, 4) is 0 Å². The molecule has 4 N–H and O–H groups in total. The number of nitrogens with one attached hydrogen (secondary N) is 3. The molecule has 160 valence electrons. The van der Waals surface area contributed by atoms with Gasteiger partial charge in [-0.25, -0.2) is 9.18 Å². The van der Waals surface area contributed by atoms with Crippen LogP contribution in [0.5, 0.6) is 0 Å². The van der Waals surface area contributed by atoms with Gasteiger partial charge in [-0.2, -0.15) is 0 Å². The molecule has 0 aliphatic carbocycles. The summed E-state index contributed by atoms with van der Waals surface area (Å²) < 4.78 is 19.5. The number of carbonyl (C=O) groups is 2. The van der Waals surface area contributed by atoms with E-state index in [-0.39, 0.29) is 30.3 Å². The number of amides is 3. The lowest BCUT2D eigenvalue weighted by Crippen LogP contribution is -2.52. The van der Waals surface area contributed by atoms with E-state index in [1.807, 2.05) is 18.2 Å². The molecule has 1 fully saturated rings. The summed E-state index contributed by atoms with van der Waals surface area (Å²) in [5.41, 5.74) is 0.680. The summed E-state index contributed by atoms with van der Waals surface area (Å²) in [4.78, 5) is 24.3. The van der Waals surface area contributed by atoms with Crippen molar-refractivity contribution in [1.29, 1.82) is 0 Å². The minimum atomic E-state index is -0.563. The SMILES string of the molecule is O=C(Nc1ccccc1)N[C@@H]1CC[C@@H](CCNC(=O)c2ccccc2F)O[C@H]1CO. The second-order valence-corrected chi connectivity index (χ2v) is 7.15. The zero-order chi connectivity index (χ0) is 21.3. The number of hydrogen-bond donors (Lipinski definition) is 4. The summed E-state index contributed by atoms with van der Waals surface area (Å²) in [6.07, 6.45) is 1.13. The second-order valence-electron chi connectivity index (χ2n) is 7.15. The van der Waals surface area contributed by atoms with E-state index >= 15 is 0 Å². The van der Waals surface area contributed by atoms with Crippen molar-refractivity contribution in [2.45, 2.75) is 37.5 Å². The van der Waals surface area contributed by atoms with Crippen molar-refractivity contribution in [3.63, 3.8) is 0 Å². The fourth-order valence-corrected chi connectivity index (χ4v) is 3.45. The maximum Gasteiger partial charge on any atom is 0.319 e. The lowest BCUT2D eigenvalue weighted by Gasteiger charge is -2.36. The van der Waals surface area contributed by atoms with Crippen LogP contribution in [-0.4, -0.2) is 48.4 Å². The highest BCUT2D eigenvalue weighted by Gasteiger charge is 2.31. The number of aliphatic hydroxyl groups excluding tert-OH is 1. The first-order valence-corrected chi connectivity index (χ1v) is 9.98. The molecule has 2 aromatic rings. The van der Waals surface area contributed by atoms with Crippen LogP contribution in [0.2, 0.25) is 0 Å². The van der Waals surface area contributed by atoms with E-state index < -0.39 is 17.8 Å². The zero-order valence-corrected chi connectivity index (χ0v) is 16.5. The number of carbonyl (C=O) groups excluding carboxylic acids is 2. The minimum Gasteiger partial charge on any atom is -0.394 e.